The summed E-state index contributed by atoms with van der Waals surface area (Å²) >= 11 is 0. The molecule has 128 valence electrons. The van der Waals surface area contributed by atoms with Gasteiger partial charge in [-0.3, -0.25) is 14.6 Å². The van der Waals surface area contributed by atoms with E-state index in [2.05, 4.69) is 22.9 Å². The van der Waals surface area contributed by atoms with E-state index in [-0.39, 0.29) is 36.3 Å². The monoisotopic (exact) mass is 330 g/mol. The van der Waals surface area contributed by atoms with E-state index in [4.69, 9.17) is 9.47 Å². The highest BCUT2D eigenvalue weighted by atomic mass is 16.5. The van der Waals surface area contributed by atoms with Crippen LogP contribution < -0.4 is 4.74 Å². The molecule has 2 bridgehead atoms. The Hall–Kier alpha value is -1.63. The summed E-state index contributed by atoms with van der Waals surface area (Å²) in [6.45, 7) is 0.656. The summed E-state index contributed by atoms with van der Waals surface area (Å²) < 4.78 is 11.8. The fourth-order valence-electron chi connectivity index (χ4n) is 5.63. The predicted octanol–water partition coefficient (Wildman–Crippen LogP) is 1.11. The summed E-state index contributed by atoms with van der Waals surface area (Å²) in [4.78, 5) is 16.5. The van der Waals surface area contributed by atoms with Crippen LogP contribution in [0.25, 0.3) is 0 Å². The molecule has 6 atom stereocenters. The van der Waals surface area contributed by atoms with Crippen LogP contribution in [-0.2, 0) is 16.0 Å². The van der Waals surface area contributed by atoms with E-state index >= 15 is 0 Å². The Balaban J connectivity index is 1.64. The molecule has 6 nitrogen and oxygen atoms in total. The molecule has 4 aliphatic heterocycles. The highest BCUT2D eigenvalue weighted by Gasteiger charge is 2.62. The predicted molar refractivity (Wildman–Crippen MR) is 85.9 cm³/mol. The van der Waals surface area contributed by atoms with Crippen molar-refractivity contribution in [2.45, 2.75) is 43.2 Å². The van der Waals surface area contributed by atoms with Crippen LogP contribution >= 0.6 is 0 Å². The second-order valence-corrected chi connectivity index (χ2v) is 7.40. The molecular weight excluding hydrogens is 308 g/mol. The summed E-state index contributed by atoms with van der Waals surface area (Å²) in [7, 11) is 3.77. The quantitative estimate of drug-likeness (QED) is 0.876. The number of hydrogen-bond donors (Lipinski definition) is 1. The zero-order chi connectivity index (χ0) is 16.6. The molecule has 4 heterocycles. The summed E-state index contributed by atoms with van der Waals surface area (Å²) in [5.74, 6) is -0.0724. The number of carbonyl (C=O) groups is 1. The summed E-state index contributed by atoms with van der Waals surface area (Å²) in [6.07, 6.45) is 1.52. The number of piperazine rings is 1. The second-order valence-electron chi connectivity index (χ2n) is 7.40. The van der Waals surface area contributed by atoms with E-state index in [1.54, 1.807) is 7.11 Å². The fourth-order valence-corrected chi connectivity index (χ4v) is 5.63. The molecular formula is C18H22N2O4. The molecule has 0 radical (unpaired) electrons. The van der Waals surface area contributed by atoms with Crippen molar-refractivity contribution in [3.63, 3.8) is 0 Å². The van der Waals surface area contributed by atoms with Crippen LogP contribution in [0.4, 0.5) is 0 Å². The lowest BCUT2D eigenvalue weighted by molar-refractivity contribution is -0.144. The fraction of sp³-hybridized carbons (Fsp3) is 0.611. The van der Waals surface area contributed by atoms with Crippen molar-refractivity contribution in [1.82, 2.24) is 9.80 Å². The second kappa shape index (κ2) is 4.94. The van der Waals surface area contributed by atoms with E-state index in [1.807, 2.05) is 12.1 Å². The van der Waals surface area contributed by atoms with Crippen LogP contribution in [0, 0.1) is 5.92 Å². The third-order valence-electron chi connectivity index (χ3n) is 6.54. The highest BCUT2D eigenvalue weighted by molar-refractivity contribution is 5.72. The van der Waals surface area contributed by atoms with Gasteiger partial charge >= 0.3 is 5.97 Å². The van der Waals surface area contributed by atoms with E-state index in [1.165, 1.54) is 11.1 Å². The summed E-state index contributed by atoms with van der Waals surface area (Å²) in [6, 6.07) is 6.76. The minimum absolute atomic E-state index is 0.0105. The molecule has 0 amide bonds. The summed E-state index contributed by atoms with van der Waals surface area (Å²) in [5.41, 5.74) is 2.50. The molecule has 5 rings (SSSR count). The smallest absolute Gasteiger partial charge is 0.308 e. The maximum atomic E-state index is 11.8. The molecule has 3 saturated heterocycles. The molecule has 4 aliphatic rings. The van der Waals surface area contributed by atoms with Gasteiger partial charge in [0.15, 0.2) is 0 Å². The SMILES string of the molecule is COc1cccc2c1[C@@H]1CO[C@@H]3[C@@H]4C[C@@H](C(=O)O)[C@@H]([C@H](C2)N31)N4C. The average molecular weight is 330 g/mol. The number of fused-ring (bicyclic) bond motifs is 6. The van der Waals surface area contributed by atoms with Gasteiger partial charge in [-0.25, -0.2) is 0 Å². The lowest BCUT2D eigenvalue weighted by atomic mass is 9.82. The minimum Gasteiger partial charge on any atom is -0.496 e. The van der Waals surface area contributed by atoms with E-state index in [0.29, 0.717) is 13.0 Å². The van der Waals surface area contributed by atoms with E-state index in [0.717, 1.165) is 12.2 Å². The first-order valence-electron chi connectivity index (χ1n) is 8.61. The van der Waals surface area contributed by atoms with Crippen molar-refractivity contribution in [3.05, 3.63) is 29.3 Å². The van der Waals surface area contributed by atoms with E-state index < -0.39 is 5.97 Å². The van der Waals surface area contributed by atoms with E-state index in [9.17, 15) is 9.90 Å². The lowest BCUT2D eigenvalue weighted by Gasteiger charge is -2.51. The number of nitrogens with zero attached hydrogens (tertiary/aromatic N) is 2. The highest BCUT2D eigenvalue weighted by Crippen LogP contribution is 2.52. The number of carboxylic acid groups (broad SMARTS) is 1. The number of carboxylic acids is 1. The van der Waals surface area contributed by atoms with Gasteiger partial charge in [0.1, 0.15) is 12.0 Å². The normalized spacial score (nSPS) is 40.2. The molecule has 1 N–H and O–H groups in total. The van der Waals surface area contributed by atoms with Gasteiger partial charge in [-0.1, -0.05) is 12.1 Å². The Kier molecular flexibility index (Phi) is 3.02. The molecule has 3 fully saturated rings. The topological polar surface area (TPSA) is 62.2 Å². The van der Waals surface area contributed by atoms with Crippen molar-refractivity contribution in [2.24, 2.45) is 5.92 Å². The van der Waals surface area contributed by atoms with Gasteiger partial charge in [0.25, 0.3) is 0 Å². The van der Waals surface area contributed by atoms with Crippen LogP contribution in [0.3, 0.4) is 0 Å². The van der Waals surface area contributed by atoms with Crippen molar-refractivity contribution >= 4 is 5.97 Å². The van der Waals surface area contributed by atoms with Gasteiger partial charge in [0, 0.05) is 17.6 Å². The number of aliphatic carboxylic acids is 1. The number of ether oxygens (including phenoxy) is 2. The van der Waals surface area contributed by atoms with Gasteiger partial charge in [-0.05, 0) is 31.5 Å². The van der Waals surface area contributed by atoms with Crippen LogP contribution in [0.5, 0.6) is 5.75 Å². The number of hydrogen-bond acceptors (Lipinski definition) is 5. The van der Waals surface area contributed by atoms with Crippen LogP contribution in [0.15, 0.2) is 18.2 Å². The molecule has 0 unspecified atom stereocenters. The molecule has 1 aromatic carbocycles. The van der Waals surface area contributed by atoms with Gasteiger partial charge in [-0.2, -0.15) is 0 Å². The molecule has 24 heavy (non-hydrogen) atoms. The largest absolute Gasteiger partial charge is 0.496 e. The first kappa shape index (κ1) is 14.7. The van der Waals surface area contributed by atoms with Gasteiger partial charge in [0.2, 0.25) is 0 Å². The van der Waals surface area contributed by atoms with Crippen molar-refractivity contribution < 1.29 is 19.4 Å². The molecule has 6 heteroatoms. The molecule has 0 spiro atoms. The maximum Gasteiger partial charge on any atom is 0.308 e. The standard InChI is InChI=1S/C18H22N2O4/c1-19-12-7-10(18(21)22)16(19)11-6-9-4-3-5-14(23-2)15(9)13-8-24-17(12)20(11)13/h3-5,10-13,16-17H,6-8H2,1-2H3,(H,21,22)/t10-,11+,12+,13+,16+,17-/m1/s1. The Morgan fingerprint density at radius 3 is 2.96 bits per heavy atom. The molecule has 0 aromatic heterocycles. The molecule has 0 saturated carbocycles. The third-order valence-corrected chi connectivity index (χ3v) is 6.54. The van der Waals surface area contributed by atoms with Gasteiger partial charge in [-0.15, -0.1) is 0 Å². The third kappa shape index (κ3) is 1.68. The Bertz CT molecular complexity index is 708. The van der Waals surface area contributed by atoms with Crippen molar-refractivity contribution in [2.75, 3.05) is 20.8 Å². The van der Waals surface area contributed by atoms with Gasteiger partial charge in [0.05, 0.1) is 31.7 Å². The zero-order valence-corrected chi connectivity index (χ0v) is 13.9. The van der Waals surface area contributed by atoms with Crippen LogP contribution in [-0.4, -0.2) is 66.0 Å². The minimum atomic E-state index is -0.677. The first-order valence-corrected chi connectivity index (χ1v) is 8.61. The molecule has 1 aromatic rings. The zero-order valence-electron chi connectivity index (χ0n) is 13.9. The maximum absolute atomic E-state index is 11.8. The average Bonchev–Trinajstić information content (AvgIpc) is 3.10. The van der Waals surface area contributed by atoms with Crippen molar-refractivity contribution in [3.8, 4) is 5.75 Å². The van der Waals surface area contributed by atoms with Crippen LogP contribution in [0.2, 0.25) is 0 Å². The lowest BCUT2D eigenvalue weighted by Crippen LogP contribution is -2.64. The van der Waals surface area contributed by atoms with Crippen molar-refractivity contribution in [1.29, 1.82) is 0 Å². The number of rotatable bonds is 2. The Labute approximate surface area is 140 Å². The van der Waals surface area contributed by atoms with Gasteiger partial charge < -0.3 is 14.6 Å². The summed E-state index contributed by atoms with van der Waals surface area (Å²) in [5, 5.41) is 9.71. The Morgan fingerprint density at radius 2 is 2.21 bits per heavy atom. The molecule has 0 aliphatic carbocycles. The number of likely N-dealkylation sites (N-methyl/N-ethyl adjacent to an activating group) is 1. The first-order chi connectivity index (χ1) is 11.6. The Morgan fingerprint density at radius 1 is 1.38 bits per heavy atom. The number of methoxy groups -OCH3 is 1. The van der Waals surface area contributed by atoms with Crippen LogP contribution in [0.1, 0.15) is 23.6 Å². The number of benzene rings is 1.